The standard InChI is InChI=1S/C29H28Cl2N4O4S2/c1-3-14-35-24(11-8-15-39-23-13-12-20(30)16-22(23)31)33-34-29(35)41-18-25(36)32-27-26(28(37)38-4-2)21(17-40-27)19-9-6-5-7-10-19/h3,5-7,9-10,12-13,16-17H,1,4,8,11,14-15,18H2,2H3,(H,32,36). The molecule has 0 bridgehead atoms. The first kappa shape index (κ1) is 30.6. The van der Waals surface area contributed by atoms with E-state index < -0.39 is 5.97 Å². The molecule has 8 nitrogen and oxygen atoms in total. The minimum atomic E-state index is -0.478. The first-order valence-corrected chi connectivity index (χ1v) is 15.4. The Morgan fingerprint density at radius 1 is 1.17 bits per heavy atom. The molecule has 2 aromatic carbocycles. The van der Waals surface area contributed by atoms with Gasteiger partial charge in [0.2, 0.25) is 5.91 Å². The van der Waals surface area contributed by atoms with Gasteiger partial charge >= 0.3 is 5.97 Å². The van der Waals surface area contributed by atoms with Crippen LogP contribution >= 0.6 is 46.3 Å². The van der Waals surface area contributed by atoms with E-state index in [0.717, 1.165) is 17.0 Å². The van der Waals surface area contributed by atoms with Crippen molar-refractivity contribution in [3.8, 4) is 16.9 Å². The molecule has 12 heteroatoms. The molecule has 1 N–H and O–H groups in total. The van der Waals surface area contributed by atoms with Gasteiger partial charge in [0.15, 0.2) is 5.16 Å². The lowest BCUT2D eigenvalue weighted by Crippen LogP contribution is -2.17. The van der Waals surface area contributed by atoms with Crippen LogP contribution in [-0.2, 0) is 22.5 Å². The number of hydrogen-bond acceptors (Lipinski definition) is 8. The number of aromatic nitrogens is 3. The van der Waals surface area contributed by atoms with Gasteiger partial charge in [-0.15, -0.1) is 28.1 Å². The molecule has 0 spiro atoms. The topological polar surface area (TPSA) is 95.3 Å². The lowest BCUT2D eigenvalue weighted by molar-refractivity contribution is -0.113. The summed E-state index contributed by atoms with van der Waals surface area (Å²) in [5.74, 6) is 0.652. The number of esters is 1. The Morgan fingerprint density at radius 2 is 1.98 bits per heavy atom. The summed E-state index contributed by atoms with van der Waals surface area (Å²) in [7, 11) is 0. The number of allylic oxidation sites excluding steroid dienone is 1. The maximum atomic E-state index is 12.9. The molecule has 2 heterocycles. The first-order chi connectivity index (χ1) is 19.9. The molecule has 0 radical (unpaired) electrons. The Bertz CT molecular complexity index is 1510. The SMILES string of the molecule is C=CCn1c(CCCOc2ccc(Cl)cc2Cl)nnc1SCC(=O)Nc1scc(-c2ccccc2)c1C(=O)OCC. The average molecular weight is 632 g/mol. The second-order valence-corrected chi connectivity index (χ2v) is 11.3. The van der Waals surface area contributed by atoms with Crippen LogP contribution in [0.15, 0.2) is 71.7 Å². The minimum Gasteiger partial charge on any atom is -0.492 e. The quantitative estimate of drug-likeness (QED) is 0.0670. The number of carbonyl (C=O) groups is 2. The second kappa shape index (κ2) is 15.1. The molecule has 214 valence electrons. The number of carbonyl (C=O) groups excluding carboxylic acids is 2. The van der Waals surface area contributed by atoms with Gasteiger partial charge in [0.05, 0.1) is 24.0 Å². The number of anilines is 1. The van der Waals surface area contributed by atoms with E-state index in [2.05, 4.69) is 22.1 Å². The van der Waals surface area contributed by atoms with Gasteiger partial charge in [-0.1, -0.05) is 71.4 Å². The highest BCUT2D eigenvalue weighted by Gasteiger charge is 2.23. The zero-order chi connectivity index (χ0) is 29.2. The Morgan fingerprint density at radius 3 is 2.71 bits per heavy atom. The third kappa shape index (κ3) is 8.13. The summed E-state index contributed by atoms with van der Waals surface area (Å²) in [6, 6.07) is 14.6. The summed E-state index contributed by atoms with van der Waals surface area (Å²) in [4.78, 5) is 25.7. The van der Waals surface area contributed by atoms with Crippen molar-refractivity contribution in [2.24, 2.45) is 0 Å². The number of hydrogen-bond donors (Lipinski definition) is 1. The molecule has 4 aromatic rings. The van der Waals surface area contributed by atoms with Crippen molar-refractivity contribution in [1.82, 2.24) is 14.8 Å². The fraction of sp³-hybridized carbons (Fsp3) is 0.241. The van der Waals surface area contributed by atoms with Crippen LogP contribution < -0.4 is 10.1 Å². The number of aryl methyl sites for hydroxylation is 1. The van der Waals surface area contributed by atoms with Crippen molar-refractivity contribution < 1.29 is 19.1 Å². The van der Waals surface area contributed by atoms with Crippen LogP contribution in [0.4, 0.5) is 5.00 Å². The molecule has 41 heavy (non-hydrogen) atoms. The summed E-state index contributed by atoms with van der Waals surface area (Å²) < 4.78 is 13.0. The molecule has 0 saturated heterocycles. The molecule has 1 amide bonds. The average Bonchev–Trinajstić information content (AvgIpc) is 3.55. The van der Waals surface area contributed by atoms with Gasteiger partial charge in [-0.2, -0.15) is 0 Å². The number of nitrogens with one attached hydrogen (secondary N) is 1. The van der Waals surface area contributed by atoms with Gasteiger partial charge in [-0.3, -0.25) is 4.79 Å². The molecular weight excluding hydrogens is 603 g/mol. The van der Waals surface area contributed by atoms with Crippen LogP contribution in [0.1, 0.15) is 29.5 Å². The number of halogens is 2. The lowest BCUT2D eigenvalue weighted by Gasteiger charge is -2.10. The Labute approximate surface area is 256 Å². The van der Waals surface area contributed by atoms with E-state index in [1.54, 1.807) is 31.2 Å². The van der Waals surface area contributed by atoms with E-state index in [1.165, 1.54) is 23.1 Å². The Balaban J connectivity index is 1.37. The number of rotatable bonds is 14. The molecule has 0 aliphatic rings. The van der Waals surface area contributed by atoms with Crippen LogP contribution in [0.3, 0.4) is 0 Å². The van der Waals surface area contributed by atoms with E-state index in [4.69, 9.17) is 32.7 Å². The van der Waals surface area contributed by atoms with Crippen molar-refractivity contribution in [3.63, 3.8) is 0 Å². The molecule has 4 rings (SSSR count). The van der Waals surface area contributed by atoms with Gasteiger partial charge in [-0.25, -0.2) is 4.79 Å². The van der Waals surface area contributed by atoms with Gasteiger partial charge in [0, 0.05) is 28.9 Å². The van der Waals surface area contributed by atoms with Crippen molar-refractivity contribution in [3.05, 3.63) is 88.0 Å². The normalized spacial score (nSPS) is 10.8. The van der Waals surface area contributed by atoms with Gasteiger partial charge in [-0.05, 0) is 37.1 Å². The lowest BCUT2D eigenvalue weighted by atomic mass is 10.0. The van der Waals surface area contributed by atoms with Gasteiger partial charge in [0.25, 0.3) is 0 Å². The fourth-order valence-corrected chi connectivity index (χ4v) is 6.11. The minimum absolute atomic E-state index is 0.0777. The van der Waals surface area contributed by atoms with Crippen LogP contribution in [0, 0.1) is 0 Å². The molecule has 0 atom stereocenters. The Hall–Kier alpha value is -3.31. The summed E-state index contributed by atoms with van der Waals surface area (Å²) >= 11 is 14.7. The number of amides is 1. The number of ether oxygens (including phenoxy) is 2. The number of nitrogens with zero attached hydrogens (tertiary/aromatic N) is 3. The molecule has 0 aliphatic heterocycles. The van der Waals surface area contributed by atoms with Crippen molar-refractivity contribution in [2.45, 2.75) is 31.5 Å². The van der Waals surface area contributed by atoms with Crippen LogP contribution in [-0.4, -0.2) is 45.6 Å². The zero-order valence-corrected chi connectivity index (χ0v) is 25.4. The maximum Gasteiger partial charge on any atom is 0.341 e. The van der Waals surface area contributed by atoms with E-state index in [1.807, 2.05) is 40.3 Å². The highest BCUT2D eigenvalue weighted by Crippen LogP contribution is 2.36. The van der Waals surface area contributed by atoms with Crippen LogP contribution in [0.2, 0.25) is 10.0 Å². The van der Waals surface area contributed by atoms with Crippen molar-refractivity contribution >= 4 is 63.2 Å². The third-order valence-corrected chi connectivity index (χ3v) is 8.13. The van der Waals surface area contributed by atoms with Crippen molar-refractivity contribution in [1.29, 1.82) is 0 Å². The fourth-order valence-electron chi connectivity index (χ4n) is 3.91. The number of thioether (sulfide) groups is 1. The van der Waals surface area contributed by atoms with Gasteiger partial charge in [0.1, 0.15) is 22.1 Å². The van der Waals surface area contributed by atoms with E-state index in [-0.39, 0.29) is 18.3 Å². The highest BCUT2D eigenvalue weighted by atomic mass is 35.5. The molecule has 0 saturated carbocycles. The Kier molecular flexibility index (Phi) is 11.3. The highest BCUT2D eigenvalue weighted by molar-refractivity contribution is 7.99. The number of benzene rings is 2. The summed E-state index contributed by atoms with van der Waals surface area (Å²) in [5, 5.41) is 15.4. The summed E-state index contributed by atoms with van der Waals surface area (Å²) in [5.41, 5.74) is 1.93. The molecule has 2 aromatic heterocycles. The summed E-state index contributed by atoms with van der Waals surface area (Å²) in [6.45, 7) is 6.74. The van der Waals surface area contributed by atoms with E-state index >= 15 is 0 Å². The molecule has 0 unspecified atom stereocenters. The summed E-state index contributed by atoms with van der Waals surface area (Å²) in [6.07, 6.45) is 3.04. The molecule has 0 fully saturated rings. The number of thiophene rings is 1. The van der Waals surface area contributed by atoms with E-state index in [0.29, 0.717) is 57.5 Å². The van der Waals surface area contributed by atoms with Crippen LogP contribution in [0.25, 0.3) is 11.1 Å². The molecule has 0 aliphatic carbocycles. The monoisotopic (exact) mass is 630 g/mol. The first-order valence-electron chi connectivity index (χ1n) is 12.8. The predicted molar refractivity (Wildman–Crippen MR) is 166 cm³/mol. The maximum absolute atomic E-state index is 12.9. The second-order valence-electron chi connectivity index (χ2n) is 8.60. The van der Waals surface area contributed by atoms with Crippen LogP contribution in [0.5, 0.6) is 5.75 Å². The molecular formula is C29H28Cl2N4O4S2. The van der Waals surface area contributed by atoms with Crippen molar-refractivity contribution in [2.75, 3.05) is 24.3 Å². The predicted octanol–water partition coefficient (Wildman–Crippen LogP) is 7.42. The largest absolute Gasteiger partial charge is 0.492 e. The van der Waals surface area contributed by atoms with E-state index in [9.17, 15) is 9.59 Å². The van der Waals surface area contributed by atoms with Gasteiger partial charge < -0.3 is 19.4 Å². The third-order valence-electron chi connectivity index (χ3n) is 5.74. The smallest absolute Gasteiger partial charge is 0.341 e. The zero-order valence-electron chi connectivity index (χ0n) is 22.3.